The number of amides is 1. The van der Waals surface area contributed by atoms with Crippen LogP contribution in [0.2, 0.25) is 5.02 Å². The maximum absolute atomic E-state index is 11.9. The average Bonchev–Trinajstić information content (AvgIpc) is 2.32. The zero-order chi connectivity index (χ0) is 12.3. The molecule has 4 heteroatoms. The highest BCUT2D eigenvalue weighted by Crippen LogP contribution is 2.18. The molecule has 0 radical (unpaired) electrons. The lowest BCUT2D eigenvalue weighted by Crippen LogP contribution is -2.37. The van der Waals surface area contributed by atoms with E-state index in [-0.39, 0.29) is 17.7 Å². The van der Waals surface area contributed by atoms with Crippen molar-refractivity contribution in [2.24, 2.45) is 0 Å². The smallest absolute Gasteiger partial charge is 0.253 e. The minimum Gasteiger partial charge on any atom is -0.349 e. The Labute approximate surface area is 105 Å². The first-order chi connectivity index (χ1) is 8.16. The maximum Gasteiger partial charge on any atom is 0.253 e. The Morgan fingerprint density at radius 3 is 2.53 bits per heavy atom. The Bertz CT molecular complexity index is 435. The summed E-state index contributed by atoms with van der Waals surface area (Å²) in [5.74, 6) is 0.128. The van der Waals surface area contributed by atoms with Crippen molar-refractivity contribution >= 4 is 23.3 Å². The third-order valence-electron chi connectivity index (χ3n) is 3.00. The Balaban J connectivity index is 1.98. The van der Waals surface area contributed by atoms with Crippen LogP contribution in [-0.4, -0.2) is 17.7 Å². The minimum absolute atomic E-state index is 0.0940. The van der Waals surface area contributed by atoms with Gasteiger partial charge < -0.3 is 5.32 Å². The monoisotopic (exact) mass is 251 g/mol. The van der Waals surface area contributed by atoms with E-state index >= 15 is 0 Å². The van der Waals surface area contributed by atoms with Crippen LogP contribution in [0.5, 0.6) is 0 Å². The Morgan fingerprint density at radius 1 is 1.24 bits per heavy atom. The summed E-state index contributed by atoms with van der Waals surface area (Å²) in [5, 5.41) is 3.38. The van der Waals surface area contributed by atoms with Crippen LogP contribution in [0.25, 0.3) is 0 Å². The standard InChI is InChI=1S/C13H14ClNO2/c14-12-4-2-1-3-11(12)13(17)15-9-5-7-10(16)8-6-9/h1-4,9H,5-8H2,(H,15,17). The third-order valence-corrected chi connectivity index (χ3v) is 3.33. The molecular weight excluding hydrogens is 238 g/mol. The number of nitrogens with one attached hydrogen (secondary N) is 1. The van der Waals surface area contributed by atoms with Crippen LogP contribution in [0.15, 0.2) is 24.3 Å². The molecule has 0 spiro atoms. The number of carbonyl (C=O) groups is 2. The van der Waals surface area contributed by atoms with E-state index in [0.29, 0.717) is 23.4 Å². The molecule has 1 fully saturated rings. The summed E-state index contributed by atoms with van der Waals surface area (Å²) in [4.78, 5) is 23.0. The van der Waals surface area contributed by atoms with Crippen molar-refractivity contribution in [2.45, 2.75) is 31.7 Å². The predicted octanol–water partition coefficient (Wildman–Crippen LogP) is 2.58. The van der Waals surface area contributed by atoms with Crippen molar-refractivity contribution in [3.05, 3.63) is 34.9 Å². The molecule has 90 valence electrons. The van der Waals surface area contributed by atoms with E-state index in [9.17, 15) is 9.59 Å². The van der Waals surface area contributed by atoms with Crippen molar-refractivity contribution in [1.82, 2.24) is 5.32 Å². The number of halogens is 1. The number of hydrogen-bond donors (Lipinski definition) is 1. The fourth-order valence-corrected chi connectivity index (χ4v) is 2.21. The Hall–Kier alpha value is -1.35. The van der Waals surface area contributed by atoms with Gasteiger partial charge in [-0.3, -0.25) is 9.59 Å². The zero-order valence-electron chi connectivity index (χ0n) is 9.41. The Morgan fingerprint density at radius 2 is 1.88 bits per heavy atom. The number of carbonyl (C=O) groups excluding carboxylic acids is 2. The predicted molar refractivity (Wildman–Crippen MR) is 66.2 cm³/mol. The fraction of sp³-hybridized carbons (Fsp3) is 0.385. The summed E-state index contributed by atoms with van der Waals surface area (Å²) in [6.07, 6.45) is 2.59. The van der Waals surface area contributed by atoms with Gasteiger partial charge in [-0.1, -0.05) is 23.7 Å². The first-order valence-electron chi connectivity index (χ1n) is 5.74. The second-order valence-electron chi connectivity index (χ2n) is 4.27. The van der Waals surface area contributed by atoms with Crippen LogP contribution in [-0.2, 0) is 4.79 Å². The maximum atomic E-state index is 11.9. The molecule has 1 N–H and O–H groups in total. The highest BCUT2D eigenvalue weighted by Gasteiger charge is 2.21. The fourth-order valence-electron chi connectivity index (χ4n) is 1.99. The van der Waals surface area contributed by atoms with Crippen molar-refractivity contribution in [3.63, 3.8) is 0 Å². The number of ketones is 1. The van der Waals surface area contributed by atoms with Crippen LogP contribution >= 0.6 is 11.6 Å². The largest absolute Gasteiger partial charge is 0.349 e. The van der Waals surface area contributed by atoms with Gasteiger partial charge in [-0.15, -0.1) is 0 Å². The van der Waals surface area contributed by atoms with Crippen LogP contribution in [0, 0.1) is 0 Å². The quantitative estimate of drug-likeness (QED) is 0.878. The van der Waals surface area contributed by atoms with Crippen LogP contribution in [0.1, 0.15) is 36.0 Å². The number of benzene rings is 1. The molecule has 0 bridgehead atoms. The van der Waals surface area contributed by atoms with Gasteiger partial charge in [0.15, 0.2) is 0 Å². The number of hydrogen-bond acceptors (Lipinski definition) is 2. The van der Waals surface area contributed by atoms with Gasteiger partial charge in [-0.05, 0) is 25.0 Å². The van der Waals surface area contributed by atoms with Crippen molar-refractivity contribution in [3.8, 4) is 0 Å². The molecule has 0 heterocycles. The molecule has 1 aromatic rings. The van der Waals surface area contributed by atoms with Gasteiger partial charge in [0.1, 0.15) is 5.78 Å². The molecule has 1 saturated carbocycles. The third kappa shape index (κ3) is 3.07. The average molecular weight is 252 g/mol. The first kappa shape index (κ1) is 12.1. The SMILES string of the molecule is O=C1CCC(NC(=O)c2ccccc2Cl)CC1. The van der Waals surface area contributed by atoms with Crippen molar-refractivity contribution in [2.75, 3.05) is 0 Å². The van der Waals surface area contributed by atoms with Gasteiger partial charge in [0, 0.05) is 18.9 Å². The molecule has 1 aromatic carbocycles. The van der Waals surface area contributed by atoms with Crippen LogP contribution in [0.4, 0.5) is 0 Å². The summed E-state index contributed by atoms with van der Waals surface area (Å²) in [7, 11) is 0. The van der Waals surface area contributed by atoms with Gasteiger partial charge in [-0.2, -0.15) is 0 Å². The number of Topliss-reactive ketones (excluding diaryl/α,β-unsaturated/α-hetero) is 1. The first-order valence-corrected chi connectivity index (χ1v) is 6.11. The molecule has 1 aliphatic carbocycles. The molecule has 0 saturated heterocycles. The van der Waals surface area contributed by atoms with E-state index in [1.165, 1.54) is 0 Å². The highest BCUT2D eigenvalue weighted by molar-refractivity contribution is 6.33. The van der Waals surface area contributed by atoms with E-state index in [2.05, 4.69) is 5.32 Å². The molecule has 17 heavy (non-hydrogen) atoms. The minimum atomic E-state index is -0.157. The molecule has 3 nitrogen and oxygen atoms in total. The van der Waals surface area contributed by atoms with Gasteiger partial charge >= 0.3 is 0 Å². The Kier molecular flexibility index (Phi) is 3.79. The molecule has 0 unspecified atom stereocenters. The summed E-state index contributed by atoms with van der Waals surface area (Å²) < 4.78 is 0. The zero-order valence-corrected chi connectivity index (χ0v) is 10.2. The van der Waals surface area contributed by atoms with Crippen LogP contribution < -0.4 is 5.32 Å². The summed E-state index contributed by atoms with van der Waals surface area (Å²) in [6.45, 7) is 0. The summed E-state index contributed by atoms with van der Waals surface area (Å²) in [6, 6.07) is 7.06. The topological polar surface area (TPSA) is 46.2 Å². The second-order valence-corrected chi connectivity index (χ2v) is 4.67. The molecule has 0 aromatic heterocycles. The molecular formula is C13H14ClNO2. The van der Waals surface area contributed by atoms with Gasteiger partial charge in [0.2, 0.25) is 0 Å². The molecule has 1 amide bonds. The lowest BCUT2D eigenvalue weighted by Gasteiger charge is -2.22. The van der Waals surface area contributed by atoms with E-state index in [0.717, 1.165) is 12.8 Å². The normalized spacial score (nSPS) is 16.9. The lowest BCUT2D eigenvalue weighted by molar-refractivity contribution is -0.120. The second kappa shape index (κ2) is 5.32. The van der Waals surface area contributed by atoms with Gasteiger partial charge in [0.05, 0.1) is 10.6 Å². The van der Waals surface area contributed by atoms with Gasteiger partial charge in [-0.25, -0.2) is 0 Å². The highest BCUT2D eigenvalue weighted by atomic mass is 35.5. The van der Waals surface area contributed by atoms with Gasteiger partial charge in [0.25, 0.3) is 5.91 Å². The van der Waals surface area contributed by atoms with E-state index in [1.54, 1.807) is 24.3 Å². The van der Waals surface area contributed by atoms with Crippen molar-refractivity contribution < 1.29 is 9.59 Å². The number of rotatable bonds is 2. The van der Waals surface area contributed by atoms with E-state index in [4.69, 9.17) is 11.6 Å². The molecule has 2 rings (SSSR count). The molecule has 0 atom stereocenters. The summed E-state index contributed by atoms with van der Waals surface area (Å²) >= 11 is 5.95. The summed E-state index contributed by atoms with van der Waals surface area (Å²) in [5.41, 5.74) is 0.492. The lowest BCUT2D eigenvalue weighted by atomic mass is 9.94. The molecule has 1 aliphatic rings. The van der Waals surface area contributed by atoms with E-state index in [1.807, 2.05) is 0 Å². The van der Waals surface area contributed by atoms with Crippen LogP contribution in [0.3, 0.4) is 0 Å². The van der Waals surface area contributed by atoms with E-state index < -0.39 is 0 Å². The molecule has 0 aliphatic heterocycles. The van der Waals surface area contributed by atoms with Crippen molar-refractivity contribution in [1.29, 1.82) is 0 Å².